The highest BCUT2D eigenvalue weighted by molar-refractivity contribution is 9.11. The van der Waals surface area contributed by atoms with Crippen LogP contribution in [0.25, 0.3) is 6.08 Å². The molecule has 0 bridgehead atoms. The second-order valence-electron chi connectivity index (χ2n) is 5.35. The Kier molecular flexibility index (Phi) is 5.81. The number of carbonyl (C=O) groups is 2. The highest BCUT2D eigenvalue weighted by Crippen LogP contribution is 2.43. The normalized spacial score (nSPS) is 16.0. The Hall–Kier alpha value is -1.29. The fraction of sp³-hybridized carbons (Fsp3) is 0.0588. The molecule has 3 rings (SSSR count). The summed E-state index contributed by atoms with van der Waals surface area (Å²) >= 11 is 10.4. The molecule has 0 spiro atoms. The standard InChI is InChI=1S/C17H10Br3NO4S/c18-10-3-1-8(2-4-10)7-21-16(24)12(26-17(21)25)6-9-5-11(19)15(23)13(20)14(9)22/h1-6,22-23H,7H2/b12-6-. The summed E-state index contributed by atoms with van der Waals surface area (Å²) in [7, 11) is 0. The molecule has 26 heavy (non-hydrogen) atoms. The van der Waals surface area contributed by atoms with Crippen molar-refractivity contribution in [2.45, 2.75) is 6.54 Å². The Labute approximate surface area is 178 Å². The minimum absolute atomic E-state index is 0.104. The van der Waals surface area contributed by atoms with Crippen molar-refractivity contribution in [2.24, 2.45) is 0 Å². The fourth-order valence-electron chi connectivity index (χ4n) is 2.28. The van der Waals surface area contributed by atoms with Crippen molar-refractivity contribution in [3.05, 3.63) is 59.8 Å². The first-order chi connectivity index (χ1) is 12.3. The Morgan fingerprint density at radius 3 is 2.35 bits per heavy atom. The molecule has 2 amide bonds. The lowest BCUT2D eigenvalue weighted by Gasteiger charge is -2.12. The van der Waals surface area contributed by atoms with E-state index in [0.717, 1.165) is 26.7 Å². The number of thioether (sulfide) groups is 1. The van der Waals surface area contributed by atoms with Crippen molar-refractivity contribution in [1.29, 1.82) is 0 Å². The molecule has 0 saturated carbocycles. The molecule has 0 atom stereocenters. The molecule has 1 aliphatic rings. The molecule has 1 saturated heterocycles. The molecular weight excluding hydrogens is 554 g/mol. The van der Waals surface area contributed by atoms with Gasteiger partial charge >= 0.3 is 0 Å². The molecule has 1 aliphatic heterocycles. The summed E-state index contributed by atoms with van der Waals surface area (Å²) in [5.41, 5.74) is 1.13. The van der Waals surface area contributed by atoms with Gasteiger partial charge in [-0.15, -0.1) is 0 Å². The van der Waals surface area contributed by atoms with Crippen LogP contribution in [0.15, 0.2) is 48.7 Å². The third-order valence-corrected chi connectivity index (χ3v) is 6.40. The summed E-state index contributed by atoms with van der Waals surface area (Å²) in [5, 5.41) is 19.6. The molecule has 0 aliphatic carbocycles. The first kappa shape index (κ1) is 19.5. The van der Waals surface area contributed by atoms with Crippen molar-refractivity contribution < 1.29 is 19.8 Å². The highest BCUT2D eigenvalue weighted by atomic mass is 79.9. The van der Waals surface area contributed by atoms with Gasteiger partial charge in [0.15, 0.2) is 0 Å². The van der Waals surface area contributed by atoms with Crippen molar-refractivity contribution in [3.63, 3.8) is 0 Å². The van der Waals surface area contributed by atoms with Crippen LogP contribution in [0, 0.1) is 0 Å². The monoisotopic (exact) mass is 561 g/mol. The number of carbonyl (C=O) groups excluding carboxylic acids is 2. The molecule has 0 radical (unpaired) electrons. The van der Waals surface area contributed by atoms with Crippen LogP contribution in [0.1, 0.15) is 11.1 Å². The highest BCUT2D eigenvalue weighted by Gasteiger charge is 2.35. The first-order valence-electron chi connectivity index (χ1n) is 7.17. The second kappa shape index (κ2) is 7.75. The molecule has 2 N–H and O–H groups in total. The molecule has 1 heterocycles. The lowest BCUT2D eigenvalue weighted by atomic mass is 10.1. The minimum Gasteiger partial charge on any atom is -0.506 e. The van der Waals surface area contributed by atoms with Crippen molar-refractivity contribution in [1.82, 2.24) is 4.90 Å². The minimum atomic E-state index is -0.428. The van der Waals surface area contributed by atoms with Gasteiger partial charge in [-0.3, -0.25) is 14.5 Å². The average molecular weight is 564 g/mol. The van der Waals surface area contributed by atoms with Gasteiger partial charge in [-0.05, 0) is 73.5 Å². The van der Waals surface area contributed by atoms with Crippen molar-refractivity contribution in [3.8, 4) is 11.5 Å². The lowest BCUT2D eigenvalue weighted by molar-refractivity contribution is -0.123. The Morgan fingerprint density at radius 2 is 1.69 bits per heavy atom. The third kappa shape index (κ3) is 3.85. The van der Waals surface area contributed by atoms with Crippen LogP contribution in [-0.4, -0.2) is 26.3 Å². The molecule has 134 valence electrons. The van der Waals surface area contributed by atoms with E-state index in [-0.39, 0.29) is 32.7 Å². The summed E-state index contributed by atoms with van der Waals surface area (Å²) in [6, 6.07) is 8.81. The molecule has 5 nitrogen and oxygen atoms in total. The van der Waals surface area contributed by atoms with Crippen molar-refractivity contribution >= 4 is 76.8 Å². The van der Waals surface area contributed by atoms with Gasteiger partial charge in [-0.25, -0.2) is 0 Å². The summed E-state index contributed by atoms with van der Waals surface area (Å²) in [4.78, 5) is 26.2. The Balaban J connectivity index is 1.89. The van der Waals surface area contributed by atoms with E-state index in [4.69, 9.17) is 0 Å². The number of hydrogen-bond acceptors (Lipinski definition) is 5. The number of aromatic hydroxyl groups is 2. The van der Waals surface area contributed by atoms with Gasteiger partial charge < -0.3 is 10.2 Å². The molecule has 1 fully saturated rings. The second-order valence-corrected chi connectivity index (χ2v) is 8.91. The number of phenolic OH excluding ortho intramolecular Hbond substituents is 2. The number of halogens is 3. The van der Waals surface area contributed by atoms with E-state index in [9.17, 15) is 19.8 Å². The van der Waals surface area contributed by atoms with E-state index in [1.165, 1.54) is 12.1 Å². The number of rotatable bonds is 3. The maximum atomic E-state index is 12.6. The number of amides is 2. The SMILES string of the molecule is O=C1S/C(=C\c2cc(Br)c(O)c(Br)c2O)C(=O)N1Cc1ccc(Br)cc1. The van der Waals surface area contributed by atoms with Gasteiger partial charge in [-0.1, -0.05) is 28.1 Å². The summed E-state index contributed by atoms with van der Waals surface area (Å²) in [6.07, 6.45) is 1.43. The van der Waals surface area contributed by atoms with Crippen LogP contribution in [0.5, 0.6) is 11.5 Å². The summed E-state index contributed by atoms with van der Waals surface area (Å²) in [6.45, 7) is 0.171. The zero-order valence-corrected chi connectivity index (χ0v) is 18.4. The van der Waals surface area contributed by atoms with Gasteiger partial charge in [0.1, 0.15) is 16.0 Å². The lowest BCUT2D eigenvalue weighted by Crippen LogP contribution is -2.27. The van der Waals surface area contributed by atoms with Crippen LogP contribution in [0.3, 0.4) is 0 Å². The molecule has 2 aromatic rings. The van der Waals surface area contributed by atoms with Gasteiger partial charge in [0.25, 0.3) is 11.1 Å². The van der Waals surface area contributed by atoms with E-state index in [1.54, 1.807) is 0 Å². The summed E-state index contributed by atoms with van der Waals surface area (Å²) < 4.78 is 1.36. The number of nitrogens with zero attached hydrogens (tertiary/aromatic N) is 1. The molecular formula is C17H10Br3NO4S. The maximum Gasteiger partial charge on any atom is 0.293 e. The molecule has 0 unspecified atom stereocenters. The predicted octanol–water partition coefficient (Wildman–Crippen LogP) is 5.62. The van der Waals surface area contributed by atoms with Crippen LogP contribution in [0.2, 0.25) is 0 Å². The number of phenols is 2. The van der Waals surface area contributed by atoms with Gasteiger partial charge in [0, 0.05) is 10.0 Å². The number of benzene rings is 2. The Bertz CT molecular complexity index is 944. The number of hydrogen-bond donors (Lipinski definition) is 2. The van der Waals surface area contributed by atoms with Crippen molar-refractivity contribution in [2.75, 3.05) is 0 Å². The van der Waals surface area contributed by atoms with Gasteiger partial charge in [-0.2, -0.15) is 0 Å². The van der Waals surface area contributed by atoms with Crippen LogP contribution >= 0.6 is 59.6 Å². The average Bonchev–Trinajstić information content (AvgIpc) is 2.87. The maximum absolute atomic E-state index is 12.6. The number of imide groups is 1. The largest absolute Gasteiger partial charge is 0.506 e. The first-order valence-corrected chi connectivity index (χ1v) is 10.4. The predicted molar refractivity (Wildman–Crippen MR) is 111 cm³/mol. The topological polar surface area (TPSA) is 77.8 Å². The molecule has 0 aromatic heterocycles. The fourth-order valence-corrected chi connectivity index (χ4v) is 4.52. The van der Waals surface area contributed by atoms with E-state index in [1.807, 2.05) is 24.3 Å². The van der Waals surface area contributed by atoms with Gasteiger partial charge in [0.05, 0.1) is 15.9 Å². The quantitative estimate of drug-likeness (QED) is 0.474. The van der Waals surface area contributed by atoms with Crippen LogP contribution in [0.4, 0.5) is 4.79 Å². The smallest absolute Gasteiger partial charge is 0.293 e. The van der Waals surface area contributed by atoms with E-state index >= 15 is 0 Å². The van der Waals surface area contributed by atoms with E-state index < -0.39 is 5.91 Å². The van der Waals surface area contributed by atoms with Crippen LogP contribution < -0.4 is 0 Å². The van der Waals surface area contributed by atoms with Crippen LogP contribution in [-0.2, 0) is 11.3 Å². The molecule has 9 heteroatoms. The summed E-state index contributed by atoms with van der Waals surface area (Å²) in [5.74, 6) is -0.795. The van der Waals surface area contributed by atoms with E-state index in [0.29, 0.717) is 10.0 Å². The third-order valence-electron chi connectivity index (χ3n) is 3.61. The zero-order valence-electron chi connectivity index (χ0n) is 12.9. The van der Waals surface area contributed by atoms with Gasteiger partial charge in [0.2, 0.25) is 0 Å². The van der Waals surface area contributed by atoms with E-state index in [2.05, 4.69) is 47.8 Å². The molecule has 2 aromatic carbocycles. The zero-order chi connectivity index (χ0) is 19.0. The Morgan fingerprint density at radius 1 is 1.04 bits per heavy atom.